The molecule has 0 spiro atoms. The summed E-state index contributed by atoms with van der Waals surface area (Å²) in [7, 11) is -2.47. The average molecular weight is 446 g/mol. The van der Waals surface area contributed by atoms with Crippen molar-refractivity contribution in [3.05, 3.63) is 107 Å². The highest BCUT2D eigenvalue weighted by atomic mass is 32.2. The number of aromatic nitrogens is 2. The number of H-pyrrole nitrogens is 1. The lowest BCUT2D eigenvalue weighted by Crippen LogP contribution is -2.46. The SMILES string of the molecule is CCCSc1nc(C)[nH]c(=O)c1[P+](c1ccccc1)(c1ccccc1)c1ccccc1. The molecule has 31 heavy (non-hydrogen) atoms. The maximum absolute atomic E-state index is 13.7. The van der Waals surface area contributed by atoms with Crippen LogP contribution in [0, 0.1) is 6.92 Å². The van der Waals surface area contributed by atoms with Gasteiger partial charge in [-0.05, 0) is 55.5 Å². The van der Waals surface area contributed by atoms with E-state index in [2.05, 4.69) is 84.7 Å². The standard InChI is InChI=1S/C26H25N2OPS/c1-3-19-31-26-24(25(29)27-20(2)28-26)30(21-13-7-4-8-14-21,22-15-9-5-10-16-22)23-17-11-6-12-18-23/h4-18H,3,19H2,1-2H3/p+1. The Kier molecular flexibility index (Phi) is 6.70. The third-order valence-electron chi connectivity index (χ3n) is 5.19. The van der Waals surface area contributed by atoms with Gasteiger partial charge in [0, 0.05) is 0 Å². The van der Waals surface area contributed by atoms with E-state index in [1.54, 1.807) is 11.8 Å². The van der Waals surface area contributed by atoms with E-state index in [4.69, 9.17) is 4.98 Å². The van der Waals surface area contributed by atoms with Crippen LogP contribution in [0.25, 0.3) is 0 Å². The summed E-state index contributed by atoms with van der Waals surface area (Å²) in [4.78, 5) is 21.6. The number of nitrogens with one attached hydrogen (secondary N) is 1. The third kappa shape index (κ3) is 4.11. The lowest BCUT2D eigenvalue weighted by Gasteiger charge is -2.27. The molecule has 0 amide bonds. The topological polar surface area (TPSA) is 45.8 Å². The molecule has 0 aliphatic rings. The first-order chi connectivity index (χ1) is 15.2. The van der Waals surface area contributed by atoms with Gasteiger partial charge in [0.2, 0.25) is 5.30 Å². The van der Waals surface area contributed by atoms with Gasteiger partial charge in [0.1, 0.15) is 26.8 Å². The fourth-order valence-corrected chi connectivity index (χ4v) is 9.60. The zero-order valence-electron chi connectivity index (χ0n) is 17.8. The van der Waals surface area contributed by atoms with Gasteiger partial charge in [-0.2, -0.15) is 0 Å². The van der Waals surface area contributed by atoms with Crippen LogP contribution >= 0.6 is 19.0 Å². The quantitative estimate of drug-likeness (QED) is 0.264. The van der Waals surface area contributed by atoms with Crippen LogP contribution in [-0.2, 0) is 0 Å². The maximum atomic E-state index is 13.7. The first-order valence-corrected chi connectivity index (χ1v) is 13.3. The van der Waals surface area contributed by atoms with Gasteiger partial charge in [-0.15, -0.1) is 11.8 Å². The molecule has 3 aromatic carbocycles. The lowest BCUT2D eigenvalue weighted by atomic mass is 10.4. The van der Waals surface area contributed by atoms with Crippen LogP contribution in [0.2, 0.25) is 0 Å². The van der Waals surface area contributed by atoms with Crippen LogP contribution in [0.1, 0.15) is 19.2 Å². The van der Waals surface area contributed by atoms with Crippen molar-refractivity contribution in [2.75, 3.05) is 5.75 Å². The molecule has 1 N–H and O–H groups in total. The van der Waals surface area contributed by atoms with Gasteiger partial charge in [-0.1, -0.05) is 61.5 Å². The number of benzene rings is 3. The molecule has 0 aliphatic heterocycles. The van der Waals surface area contributed by atoms with Crippen LogP contribution in [0.4, 0.5) is 0 Å². The van der Waals surface area contributed by atoms with Crippen LogP contribution in [-0.4, -0.2) is 15.7 Å². The minimum atomic E-state index is -2.47. The molecular weight excluding hydrogens is 419 g/mol. The van der Waals surface area contributed by atoms with E-state index in [1.807, 2.05) is 25.1 Å². The predicted molar refractivity (Wildman–Crippen MR) is 135 cm³/mol. The Balaban J connectivity index is 2.19. The molecule has 0 radical (unpaired) electrons. The Labute approximate surface area is 188 Å². The highest BCUT2D eigenvalue weighted by Gasteiger charge is 2.52. The highest BCUT2D eigenvalue weighted by Crippen LogP contribution is 2.54. The summed E-state index contributed by atoms with van der Waals surface area (Å²) >= 11 is 1.68. The summed E-state index contributed by atoms with van der Waals surface area (Å²) in [6, 6.07) is 31.4. The van der Waals surface area contributed by atoms with Gasteiger partial charge in [0.25, 0.3) is 5.56 Å². The summed E-state index contributed by atoms with van der Waals surface area (Å²) in [6.45, 7) is 4.01. The molecule has 0 bridgehead atoms. The summed E-state index contributed by atoms with van der Waals surface area (Å²) in [5, 5.41) is 5.10. The van der Waals surface area contributed by atoms with Gasteiger partial charge in [0.05, 0.1) is 0 Å². The van der Waals surface area contributed by atoms with Crippen molar-refractivity contribution in [1.82, 2.24) is 9.97 Å². The van der Waals surface area contributed by atoms with Gasteiger partial charge >= 0.3 is 0 Å². The highest BCUT2D eigenvalue weighted by molar-refractivity contribution is 8.04. The molecule has 1 heterocycles. The number of thioether (sulfide) groups is 1. The van der Waals surface area contributed by atoms with E-state index < -0.39 is 7.26 Å². The second-order valence-electron chi connectivity index (χ2n) is 7.33. The molecule has 0 saturated heterocycles. The minimum absolute atomic E-state index is 0.0454. The van der Waals surface area contributed by atoms with Crippen LogP contribution < -0.4 is 26.8 Å². The van der Waals surface area contributed by atoms with Crippen molar-refractivity contribution in [1.29, 1.82) is 0 Å². The van der Waals surface area contributed by atoms with Gasteiger partial charge in [0.15, 0.2) is 7.26 Å². The van der Waals surface area contributed by atoms with E-state index in [9.17, 15) is 4.79 Å². The number of aryl methyl sites for hydroxylation is 1. The van der Waals surface area contributed by atoms with Crippen LogP contribution in [0.15, 0.2) is 101 Å². The molecule has 0 aliphatic carbocycles. The largest absolute Gasteiger partial charge is 0.307 e. The summed E-state index contributed by atoms with van der Waals surface area (Å²) in [5.74, 6) is 1.57. The molecule has 4 rings (SSSR count). The van der Waals surface area contributed by atoms with Gasteiger partial charge in [-0.3, -0.25) is 4.79 Å². The van der Waals surface area contributed by atoms with E-state index in [-0.39, 0.29) is 5.56 Å². The minimum Gasteiger partial charge on any atom is -0.307 e. The lowest BCUT2D eigenvalue weighted by molar-refractivity contribution is 0.958. The second kappa shape index (κ2) is 9.64. The molecule has 0 fully saturated rings. The number of hydrogen-bond donors (Lipinski definition) is 1. The molecular formula is C26H26N2OPS+. The average Bonchev–Trinajstić information content (AvgIpc) is 2.81. The molecule has 0 atom stereocenters. The molecule has 0 unspecified atom stereocenters. The summed E-state index contributed by atoms with van der Waals surface area (Å²) in [6.07, 6.45) is 1.02. The van der Waals surface area contributed by atoms with Crippen molar-refractivity contribution in [3.63, 3.8) is 0 Å². The molecule has 0 saturated carbocycles. The Morgan fingerprint density at radius 3 is 1.68 bits per heavy atom. The molecule has 4 aromatic rings. The molecule has 1 aromatic heterocycles. The first-order valence-electron chi connectivity index (χ1n) is 10.5. The normalized spacial score (nSPS) is 11.4. The Morgan fingerprint density at radius 1 is 0.806 bits per heavy atom. The van der Waals surface area contributed by atoms with E-state index >= 15 is 0 Å². The van der Waals surface area contributed by atoms with Crippen molar-refractivity contribution in [2.24, 2.45) is 0 Å². The molecule has 3 nitrogen and oxygen atoms in total. The van der Waals surface area contributed by atoms with Gasteiger partial charge < -0.3 is 4.98 Å². The zero-order valence-corrected chi connectivity index (χ0v) is 19.5. The van der Waals surface area contributed by atoms with Crippen molar-refractivity contribution >= 4 is 40.2 Å². The third-order valence-corrected chi connectivity index (χ3v) is 10.8. The van der Waals surface area contributed by atoms with Crippen molar-refractivity contribution in [2.45, 2.75) is 25.3 Å². The van der Waals surface area contributed by atoms with E-state index in [1.165, 1.54) is 0 Å². The van der Waals surface area contributed by atoms with Crippen LogP contribution in [0.5, 0.6) is 0 Å². The second-order valence-corrected chi connectivity index (χ2v) is 11.8. The Morgan fingerprint density at radius 2 is 1.26 bits per heavy atom. The van der Waals surface area contributed by atoms with E-state index in [0.717, 1.165) is 38.4 Å². The first kappa shape index (κ1) is 21.5. The predicted octanol–water partition coefficient (Wildman–Crippen LogP) is 4.20. The zero-order chi connectivity index (χ0) is 21.7. The number of nitrogens with zero attached hydrogens (tertiary/aromatic N) is 1. The smallest absolute Gasteiger partial charge is 0.295 e. The summed E-state index contributed by atoms with van der Waals surface area (Å²) < 4.78 is 0. The van der Waals surface area contributed by atoms with Crippen LogP contribution in [0.3, 0.4) is 0 Å². The fraction of sp³-hybridized carbons (Fsp3) is 0.154. The monoisotopic (exact) mass is 445 g/mol. The maximum Gasteiger partial charge on any atom is 0.295 e. The van der Waals surface area contributed by atoms with Crippen molar-refractivity contribution in [3.8, 4) is 0 Å². The van der Waals surface area contributed by atoms with Gasteiger partial charge in [-0.25, -0.2) is 4.98 Å². The van der Waals surface area contributed by atoms with Crippen molar-refractivity contribution < 1.29 is 0 Å². The number of rotatable bonds is 7. The fourth-order valence-electron chi connectivity index (χ4n) is 3.94. The molecule has 156 valence electrons. The summed E-state index contributed by atoms with van der Waals surface area (Å²) in [5.41, 5.74) is -0.0454. The molecule has 5 heteroatoms. The number of aromatic amines is 1. The number of hydrogen-bond acceptors (Lipinski definition) is 3. The Hall–Kier alpha value is -2.68. The Bertz CT molecular complexity index is 1100. The van der Waals surface area contributed by atoms with E-state index in [0.29, 0.717) is 5.82 Å².